The van der Waals surface area contributed by atoms with Crippen molar-refractivity contribution in [2.24, 2.45) is 0 Å². The van der Waals surface area contributed by atoms with E-state index in [1.807, 2.05) is 6.20 Å². The number of esters is 1. The molecule has 0 bridgehead atoms. The zero-order chi connectivity index (χ0) is 12.8. The number of hydrogen-bond acceptors (Lipinski definition) is 4. The van der Waals surface area contributed by atoms with Crippen molar-refractivity contribution in [3.05, 3.63) is 29.5 Å². The summed E-state index contributed by atoms with van der Waals surface area (Å²) in [5.74, 6) is -0.602. The quantitative estimate of drug-likeness (QED) is 0.732. The minimum atomic E-state index is -0.602. The fourth-order valence-corrected chi connectivity index (χ4v) is 1.49. The normalized spacial score (nSPS) is 9.65. The molecule has 0 spiro atoms. The molecule has 5 nitrogen and oxygen atoms in total. The zero-order valence-corrected chi connectivity index (χ0v) is 10.2. The summed E-state index contributed by atoms with van der Waals surface area (Å²) in [5.41, 5.74) is 3.70. The molecule has 0 unspecified atom stereocenters. The Morgan fingerprint density at radius 1 is 1.47 bits per heavy atom. The Labute approximate surface area is 99.4 Å². The molecule has 2 rings (SSSR count). The molecule has 0 amide bonds. The van der Waals surface area contributed by atoms with Gasteiger partial charge in [-0.3, -0.25) is 5.10 Å². The van der Waals surface area contributed by atoms with Gasteiger partial charge in [-0.05, 0) is 25.5 Å². The highest BCUT2D eigenvalue weighted by Crippen LogP contribution is 2.16. The number of aliphatic hydroxyl groups is 1. The predicted molar refractivity (Wildman–Crippen MR) is 64.7 cm³/mol. The van der Waals surface area contributed by atoms with Gasteiger partial charge < -0.3 is 9.84 Å². The van der Waals surface area contributed by atoms with E-state index < -0.39 is 12.6 Å². The molecular weight excluding hydrogens is 220 g/mol. The van der Waals surface area contributed by atoms with E-state index in [4.69, 9.17) is 5.11 Å². The van der Waals surface area contributed by atoms with Crippen molar-refractivity contribution in [3.8, 4) is 0 Å². The van der Waals surface area contributed by atoms with E-state index in [2.05, 4.69) is 40.9 Å². The monoisotopic (exact) mass is 236 g/mol. The second kappa shape index (κ2) is 6.00. The lowest BCUT2D eigenvalue weighted by Crippen LogP contribution is -2.04. The molecule has 17 heavy (non-hydrogen) atoms. The average molecular weight is 236 g/mol. The van der Waals surface area contributed by atoms with Crippen LogP contribution in [0.4, 0.5) is 0 Å². The Hall–Kier alpha value is -1.88. The molecule has 0 radical (unpaired) electrons. The number of benzene rings is 1. The van der Waals surface area contributed by atoms with Crippen LogP contribution in [0.5, 0.6) is 0 Å². The van der Waals surface area contributed by atoms with Gasteiger partial charge in [0.2, 0.25) is 0 Å². The number of aromatic amines is 1. The van der Waals surface area contributed by atoms with Gasteiger partial charge in [-0.2, -0.15) is 5.10 Å². The maximum absolute atomic E-state index is 9.71. The van der Waals surface area contributed by atoms with E-state index in [9.17, 15) is 4.79 Å². The van der Waals surface area contributed by atoms with E-state index >= 15 is 0 Å². The van der Waals surface area contributed by atoms with Crippen LogP contribution in [-0.4, -0.2) is 35.0 Å². The van der Waals surface area contributed by atoms with Gasteiger partial charge in [-0.15, -0.1) is 0 Å². The first-order valence-electron chi connectivity index (χ1n) is 5.16. The summed E-state index contributed by atoms with van der Waals surface area (Å²) in [6, 6.07) is 4.28. The molecule has 2 N–H and O–H groups in total. The number of carbonyl (C=O) groups is 1. The smallest absolute Gasteiger partial charge is 0.331 e. The molecule has 0 saturated carbocycles. The number of aliphatic hydroxyl groups excluding tert-OH is 1. The summed E-state index contributed by atoms with van der Waals surface area (Å²) in [4.78, 5) is 9.71. The zero-order valence-electron chi connectivity index (χ0n) is 10.2. The number of nitrogens with one attached hydrogen (secondary N) is 1. The number of H-pyrrole nitrogens is 1. The van der Waals surface area contributed by atoms with E-state index in [1.54, 1.807) is 0 Å². The number of aromatic nitrogens is 2. The van der Waals surface area contributed by atoms with Crippen LogP contribution in [0, 0.1) is 13.8 Å². The molecular formula is C12H16N2O3. The highest BCUT2D eigenvalue weighted by atomic mass is 16.5. The second-order valence-electron chi connectivity index (χ2n) is 3.65. The number of carbonyl (C=O) groups excluding carboxylic acids is 1. The first-order valence-corrected chi connectivity index (χ1v) is 5.16. The first kappa shape index (κ1) is 13.2. The summed E-state index contributed by atoms with van der Waals surface area (Å²) >= 11 is 0. The van der Waals surface area contributed by atoms with Crippen LogP contribution < -0.4 is 0 Å². The number of rotatable bonds is 1. The van der Waals surface area contributed by atoms with Gasteiger partial charge in [-0.1, -0.05) is 11.6 Å². The molecule has 0 atom stereocenters. The standard InChI is InChI=1S/C9H10N2.C3H6O3/c1-6-3-7(2)9-8(4-6)5-10-11-9;1-6-3(5)2-4/h3-5H,1-2H3,(H,10,11);4H,2H2,1H3. The van der Waals surface area contributed by atoms with Crippen molar-refractivity contribution >= 4 is 16.9 Å². The third-order valence-electron chi connectivity index (χ3n) is 2.25. The second-order valence-corrected chi connectivity index (χ2v) is 3.65. The van der Waals surface area contributed by atoms with Crippen molar-refractivity contribution in [1.29, 1.82) is 0 Å². The largest absolute Gasteiger partial charge is 0.467 e. The number of fused-ring (bicyclic) bond motifs is 1. The van der Waals surface area contributed by atoms with Gasteiger partial charge in [-0.25, -0.2) is 4.79 Å². The summed E-state index contributed by atoms with van der Waals surface area (Å²) in [6.07, 6.45) is 1.86. The Kier molecular flexibility index (Phi) is 4.66. The lowest BCUT2D eigenvalue weighted by molar-refractivity contribution is -0.143. The maximum Gasteiger partial charge on any atom is 0.331 e. The third kappa shape index (κ3) is 3.57. The van der Waals surface area contributed by atoms with Crippen LogP contribution in [0.1, 0.15) is 11.1 Å². The minimum Gasteiger partial charge on any atom is -0.467 e. The van der Waals surface area contributed by atoms with Gasteiger partial charge in [0.25, 0.3) is 0 Å². The molecule has 0 aliphatic heterocycles. The highest BCUT2D eigenvalue weighted by molar-refractivity contribution is 5.81. The molecule has 1 aromatic carbocycles. The molecule has 0 aliphatic rings. The van der Waals surface area contributed by atoms with Crippen LogP contribution >= 0.6 is 0 Å². The number of nitrogens with zero attached hydrogens (tertiary/aromatic N) is 1. The Balaban J connectivity index is 0.000000209. The lowest BCUT2D eigenvalue weighted by Gasteiger charge is -1.96. The van der Waals surface area contributed by atoms with Gasteiger partial charge in [0.1, 0.15) is 6.61 Å². The SMILES string of the molecule is COC(=O)CO.Cc1cc(C)c2[nH]ncc2c1. The van der Waals surface area contributed by atoms with Crippen LogP contribution in [0.3, 0.4) is 0 Å². The van der Waals surface area contributed by atoms with Gasteiger partial charge in [0.05, 0.1) is 18.8 Å². The Morgan fingerprint density at radius 2 is 2.18 bits per heavy atom. The number of ether oxygens (including phenoxy) is 1. The average Bonchev–Trinajstić information content (AvgIpc) is 2.77. The predicted octanol–water partition coefficient (Wildman–Crippen LogP) is 1.33. The molecule has 0 aliphatic carbocycles. The first-order chi connectivity index (χ1) is 8.08. The molecule has 1 heterocycles. The summed E-state index contributed by atoms with van der Waals surface area (Å²) in [7, 11) is 1.22. The van der Waals surface area contributed by atoms with Crippen LogP contribution in [0.25, 0.3) is 10.9 Å². The van der Waals surface area contributed by atoms with E-state index in [0.29, 0.717) is 0 Å². The number of aryl methyl sites for hydroxylation is 2. The van der Waals surface area contributed by atoms with Crippen molar-refractivity contribution < 1.29 is 14.6 Å². The maximum atomic E-state index is 9.71. The van der Waals surface area contributed by atoms with Crippen molar-refractivity contribution in [1.82, 2.24) is 10.2 Å². The highest BCUT2D eigenvalue weighted by Gasteiger charge is 1.98. The third-order valence-corrected chi connectivity index (χ3v) is 2.25. The fraction of sp³-hybridized carbons (Fsp3) is 0.333. The molecule has 92 valence electrons. The Morgan fingerprint density at radius 3 is 2.71 bits per heavy atom. The molecule has 5 heteroatoms. The van der Waals surface area contributed by atoms with Gasteiger partial charge >= 0.3 is 5.97 Å². The number of methoxy groups -OCH3 is 1. The van der Waals surface area contributed by atoms with Crippen LogP contribution in [0.15, 0.2) is 18.3 Å². The summed E-state index contributed by atoms with van der Waals surface area (Å²) < 4.78 is 4.01. The summed E-state index contributed by atoms with van der Waals surface area (Å²) in [6.45, 7) is 3.66. The molecule has 1 aromatic heterocycles. The van der Waals surface area contributed by atoms with Crippen LogP contribution in [-0.2, 0) is 9.53 Å². The molecule has 0 fully saturated rings. The fourth-order valence-electron chi connectivity index (χ4n) is 1.49. The van der Waals surface area contributed by atoms with Crippen LogP contribution in [0.2, 0.25) is 0 Å². The van der Waals surface area contributed by atoms with Crippen molar-refractivity contribution in [2.75, 3.05) is 13.7 Å². The lowest BCUT2D eigenvalue weighted by atomic mass is 10.1. The topological polar surface area (TPSA) is 75.2 Å². The Bertz CT molecular complexity index is 499. The van der Waals surface area contributed by atoms with Gasteiger partial charge in [0.15, 0.2) is 0 Å². The van der Waals surface area contributed by atoms with Crippen molar-refractivity contribution in [2.45, 2.75) is 13.8 Å². The van der Waals surface area contributed by atoms with Crippen molar-refractivity contribution in [3.63, 3.8) is 0 Å². The molecule has 2 aromatic rings. The number of hydrogen-bond donors (Lipinski definition) is 2. The van der Waals surface area contributed by atoms with E-state index in [-0.39, 0.29) is 0 Å². The van der Waals surface area contributed by atoms with E-state index in [0.717, 1.165) is 5.52 Å². The minimum absolute atomic E-state index is 0.531. The van der Waals surface area contributed by atoms with E-state index in [1.165, 1.54) is 23.6 Å². The van der Waals surface area contributed by atoms with Gasteiger partial charge in [0, 0.05) is 5.39 Å². The summed E-state index contributed by atoms with van der Waals surface area (Å²) in [5, 5.41) is 16.0. The molecule has 0 saturated heterocycles.